The van der Waals surface area contributed by atoms with Gasteiger partial charge in [-0.1, -0.05) is 6.07 Å². The first-order chi connectivity index (χ1) is 10.3. The van der Waals surface area contributed by atoms with E-state index >= 15 is 0 Å². The molecule has 0 aliphatic rings. The fraction of sp³-hybridized carbons (Fsp3) is 0.200. The first-order valence-electron chi connectivity index (χ1n) is 6.52. The molecule has 0 amide bonds. The zero-order valence-corrected chi connectivity index (χ0v) is 15.1. The van der Waals surface area contributed by atoms with Gasteiger partial charge in [0.2, 0.25) is 5.75 Å². The lowest BCUT2D eigenvalue weighted by atomic mass is 10.2. The Morgan fingerprint density at radius 1 is 1.22 bits per heavy atom. The molecule has 0 radical (unpaired) electrons. The Morgan fingerprint density at radius 2 is 1.91 bits per heavy atom. The Labute approximate surface area is 150 Å². The van der Waals surface area contributed by atoms with E-state index in [1.807, 2.05) is 21.1 Å². The van der Waals surface area contributed by atoms with Crippen molar-refractivity contribution in [2.75, 3.05) is 21.1 Å². The molecule has 0 aliphatic heterocycles. The summed E-state index contributed by atoms with van der Waals surface area (Å²) >= 11 is 0. The average Bonchev–Trinajstić information content (AvgIpc) is 2.47. The van der Waals surface area contributed by atoms with Crippen LogP contribution in [0.1, 0.15) is 10.5 Å². The highest BCUT2D eigenvalue weighted by Crippen LogP contribution is 2.32. The van der Waals surface area contributed by atoms with E-state index in [1.165, 1.54) is 24.4 Å². The molecule has 0 unspecified atom stereocenters. The predicted molar refractivity (Wildman–Crippen MR) is 81.9 cm³/mol. The highest BCUT2D eigenvalue weighted by atomic mass is 127. The number of carbonyl (C=O) groups is 1. The van der Waals surface area contributed by atoms with Gasteiger partial charge in [0.15, 0.2) is 0 Å². The van der Waals surface area contributed by atoms with Crippen LogP contribution in [-0.2, 0) is 0 Å². The van der Waals surface area contributed by atoms with E-state index in [1.54, 1.807) is 18.2 Å². The number of benzene rings is 1. The van der Waals surface area contributed by atoms with Crippen molar-refractivity contribution in [3.63, 3.8) is 0 Å². The number of halogens is 1. The molecule has 1 heterocycles. The van der Waals surface area contributed by atoms with Crippen molar-refractivity contribution >= 4 is 17.3 Å². The fourth-order valence-corrected chi connectivity index (χ4v) is 1.79. The van der Waals surface area contributed by atoms with Gasteiger partial charge in [0.1, 0.15) is 11.4 Å². The van der Waals surface area contributed by atoms with Gasteiger partial charge in [-0.05, 0) is 18.2 Å². The molecule has 7 nitrogen and oxygen atoms in total. The molecule has 0 saturated carbocycles. The summed E-state index contributed by atoms with van der Waals surface area (Å²) in [7, 11) is 5.66. The third-order valence-corrected chi connectivity index (χ3v) is 2.99. The normalized spacial score (nSPS) is 10.6. The van der Waals surface area contributed by atoms with Gasteiger partial charge >= 0.3 is 11.7 Å². The molecule has 2 aromatic rings. The second kappa shape index (κ2) is 7.47. The number of nitro benzene ring substituents is 1. The van der Waals surface area contributed by atoms with Crippen molar-refractivity contribution in [3.05, 3.63) is 58.4 Å². The molecule has 0 fully saturated rings. The smallest absolute Gasteiger partial charge is 0.362 e. The summed E-state index contributed by atoms with van der Waals surface area (Å²) in [6, 6.07) is 9.30. The van der Waals surface area contributed by atoms with Crippen LogP contribution >= 0.6 is 0 Å². The van der Waals surface area contributed by atoms with Crippen molar-refractivity contribution in [2.45, 2.75) is 0 Å². The topological polar surface area (TPSA) is 82.3 Å². The number of nitrogens with zero attached hydrogens (tertiary/aromatic N) is 3. The zero-order valence-electron chi connectivity index (χ0n) is 12.9. The van der Waals surface area contributed by atoms with Gasteiger partial charge in [-0.25, -0.2) is 9.78 Å². The van der Waals surface area contributed by atoms with Gasteiger partial charge in [0.25, 0.3) is 0 Å². The zero-order chi connectivity index (χ0) is 16.3. The first-order valence-corrected chi connectivity index (χ1v) is 6.52. The number of quaternary nitrogens is 1. The lowest BCUT2D eigenvalue weighted by Gasteiger charge is -2.23. The Bertz CT molecular complexity index is 714. The van der Waals surface area contributed by atoms with Crippen molar-refractivity contribution in [3.8, 4) is 5.75 Å². The Balaban J connectivity index is 0.00000264. The lowest BCUT2D eigenvalue weighted by Crippen LogP contribution is -3.00. The second-order valence-corrected chi connectivity index (χ2v) is 5.53. The van der Waals surface area contributed by atoms with Gasteiger partial charge < -0.3 is 28.7 Å². The molecule has 0 atom stereocenters. The van der Waals surface area contributed by atoms with E-state index in [0.29, 0.717) is 4.48 Å². The minimum atomic E-state index is -0.735. The van der Waals surface area contributed by atoms with E-state index in [4.69, 9.17) is 4.74 Å². The minimum absolute atomic E-state index is 0. The molecule has 122 valence electrons. The molecule has 2 rings (SSSR count). The van der Waals surface area contributed by atoms with Crippen LogP contribution in [0.25, 0.3) is 0 Å². The van der Waals surface area contributed by atoms with Gasteiger partial charge in [-0.2, -0.15) is 0 Å². The molecular weight excluding hydrogens is 413 g/mol. The SMILES string of the molecule is C[N+](C)(C)c1ccc(OC(=O)c2ccccn2)c([N+](=O)[O-])c1.[I-]. The van der Waals surface area contributed by atoms with Crippen molar-refractivity contribution < 1.29 is 38.4 Å². The molecule has 0 spiro atoms. The standard InChI is InChI=1S/C15H16N3O4.HI/c1-18(2,3)11-7-8-14(13(10-11)17(20)21)22-15(19)12-6-4-5-9-16-12;/h4-10H,1-3H3;1H/q+1;/p-1. The molecule has 1 aromatic heterocycles. The van der Waals surface area contributed by atoms with Crippen LogP contribution in [0, 0.1) is 10.1 Å². The van der Waals surface area contributed by atoms with Gasteiger partial charge in [-0.3, -0.25) is 14.6 Å². The maximum absolute atomic E-state index is 12.0. The van der Waals surface area contributed by atoms with Crippen LogP contribution in [0.4, 0.5) is 11.4 Å². The van der Waals surface area contributed by atoms with Crippen LogP contribution in [0.3, 0.4) is 0 Å². The Hall–Kier alpha value is -2.07. The van der Waals surface area contributed by atoms with E-state index in [-0.39, 0.29) is 41.1 Å². The monoisotopic (exact) mass is 429 g/mol. The van der Waals surface area contributed by atoms with Crippen LogP contribution in [0.2, 0.25) is 0 Å². The number of carbonyl (C=O) groups excluding carboxylic acids is 1. The number of aromatic nitrogens is 1. The summed E-state index contributed by atoms with van der Waals surface area (Å²) in [5.74, 6) is -0.834. The third kappa shape index (κ3) is 4.70. The Morgan fingerprint density at radius 3 is 2.43 bits per heavy atom. The van der Waals surface area contributed by atoms with E-state index in [2.05, 4.69) is 4.98 Å². The maximum atomic E-state index is 12.0. The molecule has 1 aromatic carbocycles. The second-order valence-electron chi connectivity index (χ2n) is 5.53. The van der Waals surface area contributed by atoms with Crippen molar-refractivity contribution in [2.24, 2.45) is 0 Å². The fourth-order valence-electron chi connectivity index (χ4n) is 1.79. The quantitative estimate of drug-likeness (QED) is 0.162. The van der Waals surface area contributed by atoms with Crippen molar-refractivity contribution in [1.29, 1.82) is 0 Å². The summed E-state index contributed by atoms with van der Waals surface area (Å²) < 4.78 is 5.52. The molecular formula is C15H16IN3O4. The van der Waals surface area contributed by atoms with Gasteiger partial charge in [0, 0.05) is 12.3 Å². The highest BCUT2D eigenvalue weighted by Gasteiger charge is 2.24. The molecule has 23 heavy (non-hydrogen) atoms. The van der Waals surface area contributed by atoms with Crippen LogP contribution in [0.5, 0.6) is 5.75 Å². The number of esters is 1. The van der Waals surface area contributed by atoms with Gasteiger partial charge in [-0.15, -0.1) is 0 Å². The molecule has 0 N–H and O–H groups in total. The minimum Gasteiger partial charge on any atom is -1.00 e. The average molecular weight is 429 g/mol. The summed E-state index contributed by atoms with van der Waals surface area (Å²) in [6.07, 6.45) is 1.45. The molecule has 0 bridgehead atoms. The summed E-state index contributed by atoms with van der Waals surface area (Å²) in [6.45, 7) is 0. The van der Waals surface area contributed by atoms with Gasteiger partial charge in [0.05, 0.1) is 32.1 Å². The number of pyridine rings is 1. The first kappa shape index (κ1) is 19.0. The maximum Gasteiger partial charge on any atom is 0.362 e. The molecule has 8 heteroatoms. The number of hydrogen-bond donors (Lipinski definition) is 0. The number of hydrogen-bond acceptors (Lipinski definition) is 5. The molecule has 0 saturated heterocycles. The largest absolute Gasteiger partial charge is 1.00 e. The number of ether oxygens (including phenoxy) is 1. The summed E-state index contributed by atoms with van der Waals surface area (Å²) in [5.41, 5.74) is 0.562. The number of nitro groups is 1. The predicted octanol–water partition coefficient (Wildman–Crippen LogP) is -0.590. The van der Waals surface area contributed by atoms with E-state index in [0.717, 1.165) is 5.69 Å². The van der Waals surface area contributed by atoms with Crippen LogP contribution in [0.15, 0.2) is 42.6 Å². The van der Waals surface area contributed by atoms with Crippen LogP contribution < -0.4 is 33.2 Å². The highest BCUT2D eigenvalue weighted by molar-refractivity contribution is 5.89. The van der Waals surface area contributed by atoms with E-state index in [9.17, 15) is 14.9 Å². The van der Waals surface area contributed by atoms with E-state index < -0.39 is 10.9 Å². The van der Waals surface area contributed by atoms with Crippen molar-refractivity contribution in [1.82, 2.24) is 9.47 Å². The lowest BCUT2D eigenvalue weighted by molar-refractivity contribution is -0.385. The summed E-state index contributed by atoms with van der Waals surface area (Å²) in [5, 5.41) is 11.2. The summed E-state index contributed by atoms with van der Waals surface area (Å²) in [4.78, 5) is 26.5. The number of rotatable bonds is 4. The third-order valence-electron chi connectivity index (χ3n) is 2.99. The Kier molecular flexibility index (Phi) is 6.16. The molecule has 0 aliphatic carbocycles. The van der Waals surface area contributed by atoms with Crippen LogP contribution in [-0.4, -0.2) is 37.0 Å².